The summed E-state index contributed by atoms with van der Waals surface area (Å²) in [5, 5.41) is 37.1. The monoisotopic (exact) mass is 426 g/mol. The van der Waals surface area contributed by atoms with Crippen LogP contribution >= 0.6 is 0 Å². The molecule has 0 atom stereocenters. The van der Waals surface area contributed by atoms with Gasteiger partial charge in [-0.25, -0.2) is 19.2 Å². The molecule has 28 heavy (non-hydrogen) atoms. The Morgan fingerprint density at radius 2 is 1.00 bits per heavy atom. The molecule has 2 rings (SSSR count). The molecule has 2 aromatic rings. The second-order valence-electron chi connectivity index (χ2n) is 4.68. The van der Waals surface area contributed by atoms with Crippen LogP contribution in [0.5, 0.6) is 0 Å². The number of hydrogen-bond acceptors (Lipinski definition) is 4. The third-order valence-electron chi connectivity index (χ3n) is 3.28. The van der Waals surface area contributed by atoms with Crippen molar-refractivity contribution >= 4 is 142 Å². The molecule has 12 heteroatoms. The van der Waals surface area contributed by atoms with Crippen LogP contribution in [0.2, 0.25) is 0 Å². The number of rotatable bonds is 5. The van der Waals surface area contributed by atoms with Gasteiger partial charge in [0.15, 0.2) is 0 Å². The number of carbonyl (C=O) groups is 4. The topological polar surface area (TPSA) is 149 Å². The average molecular weight is 426 g/mol. The predicted molar refractivity (Wildman–Crippen MR) is 108 cm³/mol. The van der Waals surface area contributed by atoms with E-state index in [0.717, 1.165) is 6.07 Å². The van der Waals surface area contributed by atoms with Crippen LogP contribution < -0.4 is 0 Å². The van der Waals surface area contributed by atoms with Gasteiger partial charge in [0, 0.05) is 0 Å². The van der Waals surface area contributed by atoms with E-state index in [1.165, 1.54) is 12.1 Å². The van der Waals surface area contributed by atoms with Crippen LogP contribution in [-0.2, 0) is 0 Å². The van der Waals surface area contributed by atoms with E-state index >= 15 is 0 Å². The van der Waals surface area contributed by atoms with E-state index in [-0.39, 0.29) is 129 Å². The van der Waals surface area contributed by atoms with Crippen molar-refractivity contribution in [3.8, 4) is 11.1 Å². The summed E-state index contributed by atoms with van der Waals surface area (Å²) in [7, 11) is 0. The molecule has 0 saturated heterocycles. The van der Waals surface area contributed by atoms with Gasteiger partial charge in [0.25, 0.3) is 0 Å². The molecule has 0 bridgehead atoms. The van der Waals surface area contributed by atoms with E-state index in [0.29, 0.717) is 0 Å². The summed E-state index contributed by atoms with van der Waals surface area (Å²) in [5.74, 6) is -7.04. The number of aromatic carboxylic acids is 4. The summed E-state index contributed by atoms with van der Waals surface area (Å²) in [4.78, 5) is 45.8. The molecule has 0 heterocycles. The van der Waals surface area contributed by atoms with Gasteiger partial charge in [-0.15, -0.1) is 0 Å². The van der Waals surface area contributed by atoms with Crippen LogP contribution in [0.1, 0.15) is 41.4 Å². The van der Waals surface area contributed by atoms with Gasteiger partial charge < -0.3 is 20.4 Å². The van der Waals surface area contributed by atoms with Crippen LogP contribution in [0.3, 0.4) is 0 Å². The van der Waals surface area contributed by atoms with Crippen LogP contribution in [0.25, 0.3) is 11.1 Å². The Bertz CT molecular complexity index is 884. The quantitative estimate of drug-likeness (QED) is 0.470. The molecular formula is C16H14Na4O8. The van der Waals surface area contributed by atoms with E-state index in [9.17, 15) is 39.6 Å². The molecule has 2 aromatic carbocycles. The zero-order valence-corrected chi connectivity index (χ0v) is 11.9. The summed E-state index contributed by atoms with van der Waals surface area (Å²) >= 11 is 0. The predicted octanol–water partition coefficient (Wildman–Crippen LogP) is -0.448. The van der Waals surface area contributed by atoms with Gasteiger partial charge in [-0.05, 0) is 17.2 Å². The molecule has 0 amide bonds. The molecule has 0 aliphatic carbocycles. The standard InChI is InChI=1S/C16H10O8.4Na.4H/c17-13(18)9-6-8(7-4-2-1-3-5-7)10(14(19)20)12(16(23)24)11(9)15(21)22;;;;;;;;/h1-6H,(H,17,18)(H,19,20)(H,21,22)(H,23,24);;;;;;;;. The summed E-state index contributed by atoms with van der Waals surface area (Å²) in [6.07, 6.45) is 0. The fraction of sp³-hybridized carbons (Fsp3) is 0. The first-order chi connectivity index (χ1) is 11.3. The molecule has 0 fully saturated rings. The number of carboxylic acid groups (broad SMARTS) is 4. The van der Waals surface area contributed by atoms with E-state index in [2.05, 4.69) is 0 Å². The number of benzene rings is 2. The molecule has 8 nitrogen and oxygen atoms in total. The van der Waals surface area contributed by atoms with Crippen molar-refractivity contribution in [3.63, 3.8) is 0 Å². The molecule has 0 aliphatic rings. The van der Waals surface area contributed by atoms with Gasteiger partial charge in [-0.3, -0.25) is 0 Å². The van der Waals surface area contributed by atoms with Crippen LogP contribution in [0.15, 0.2) is 36.4 Å². The zero-order chi connectivity index (χ0) is 18.0. The Kier molecular flexibility index (Phi) is 16.9. The molecule has 0 spiro atoms. The molecule has 0 aliphatic heterocycles. The van der Waals surface area contributed by atoms with Crippen molar-refractivity contribution in [3.05, 3.63) is 58.7 Å². The average Bonchev–Trinajstić information content (AvgIpc) is 2.53. The van der Waals surface area contributed by atoms with Crippen LogP contribution in [-0.4, -0.2) is 163 Å². The Morgan fingerprint density at radius 1 is 0.571 bits per heavy atom. The molecule has 0 aromatic heterocycles. The summed E-state index contributed by atoms with van der Waals surface area (Å²) < 4.78 is 0. The van der Waals surface area contributed by atoms with E-state index in [1.807, 2.05) is 0 Å². The maximum absolute atomic E-state index is 11.6. The van der Waals surface area contributed by atoms with E-state index in [1.54, 1.807) is 18.2 Å². The first-order valence-electron chi connectivity index (χ1n) is 6.45. The minimum atomic E-state index is -1.84. The van der Waals surface area contributed by atoms with Crippen molar-refractivity contribution < 1.29 is 39.6 Å². The normalized spacial score (nSPS) is 8.71. The second kappa shape index (κ2) is 14.3. The van der Waals surface area contributed by atoms with Crippen molar-refractivity contribution in [2.45, 2.75) is 0 Å². The summed E-state index contributed by atoms with van der Waals surface area (Å²) in [6, 6.07) is 8.50. The minimum absolute atomic E-state index is 0. The van der Waals surface area contributed by atoms with Crippen LogP contribution in [0, 0.1) is 0 Å². The third-order valence-corrected chi connectivity index (χ3v) is 3.28. The first kappa shape index (κ1) is 33.0. The Labute approximate surface area is 247 Å². The first-order valence-corrected chi connectivity index (χ1v) is 6.45. The molecule has 0 radical (unpaired) electrons. The second-order valence-corrected chi connectivity index (χ2v) is 4.68. The number of carboxylic acids is 4. The molecule has 4 N–H and O–H groups in total. The van der Waals surface area contributed by atoms with Crippen LogP contribution in [0.4, 0.5) is 0 Å². The molecule has 0 unspecified atom stereocenters. The van der Waals surface area contributed by atoms with Gasteiger partial charge >= 0.3 is 142 Å². The third kappa shape index (κ3) is 7.23. The number of hydrogen-bond donors (Lipinski definition) is 4. The fourth-order valence-electron chi connectivity index (χ4n) is 2.36. The van der Waals surface area contributed by atoms with Crippen molar-refractivity contribution in [1.82, 2.24) is 0 Å². The van der Waals surface area contributed by atoms with Gasteiger partial charge in [-0.1, -0.05) is 30.3 Å². The Balaban J connectivity index is -0.00000156. The zero-order valence-electron chi connectivity index (χ0n) is 11.9. The SMILES string of the molecule is O=C(O)c1cc(-c2ccccc2)c(C(=O)O)c(C(=O)O)c1C(=O)O.[NaH].[NaH].[NaH].[NaH]. The van der Waals surface area contributed by atoms with Crippen molar-refractivity contribution in [1.29, 1.82) is 0 Å². The molecular weight excluding hydrogens is 412 g/mol. The van der Waals surface area contributed by atoms with Crippen molar-refractivity contribution in [2.75, 3.05) is 0 Å². The van der Waals surface area contributed by atoms with Gasteiger partial charge in [-0.2, -0.15) is 0 Å². The summed E-state index contributed by atoms with van der Waals surface area (Å²) in [5.41, 5.74) is -3.68. The Morgan fingerprint density at radius 3 is 1.36 bits per heavy atom. The fourth-order valence-corrected chi connectivity index (χ4v) is 2.36. The van der Waals surface area contributed by atoms with E-state index < -0.39 is 46.1 Å². The van der Waals surface area contributed by atoms with Gasteiger partial charge in [0.2, 0.25) is 0 Å². The summed E-state index contributed by atoms with van der Waals surface area (Å²) in [6.45, 7) is 0. The Hall–Kier alpha value is 0.320. The van der Waals surface area contributed by atoms with Gasteiger partial charge in [0.1, 0.15) is 0 Å². The molecule has 130 valence electrons. The molecule has 0 saturated carbocycles. The van der Waals surface area contributed by atoms with Gasteiger partial charge in [0.05, 0.1) is 22.3 Å². The maximum atomic E-state index is 11.6. The van der Waals surface area contributed by atoms with E-state index in [4.69, 9.17) is 0 Å². The van der Waals surface area contributed by atoms with Crippen molar-refractivity contribution in [2.24, 2.45) is 0 Å².